The lowest BCUT2D eigenvalue weighted by Gasteiger charge is -2.16. The molecule has 2 aromatic heterocycles. The van der Waals surface area contributed by atoms with Crippen molar-refractivity contribution in [3.8, 4) is 39.7 Å². The lowest BCUT2D eigenvalue weighted by Crippen LogP contribution is -2.01. The predicted octanol–water partition coefficient (Wildman–Crippen LogP) is 12.8. The molecule has 0 N–H and O–H groups in total. The van der Waals surface area contributed by atoms with Crippen LogP contribution in [-0.2, 0) is 0 Å². The monoisotopic (exact) mass is 660 g/mol. The Kier molecular flexibility index (Phi) is 6.58. The van der Waals surface area contributed by atoms with Crippen molar-refractivity contribution >= 4 is 60.1 Å². The van der Waals surface area contributed by atoms with Crippen LogP contribution in [0.5, 0.6) is 0 Å². The van der Waals surface area contributed by atoms with Crippen molar-refractivity contribution in [2.75, 3.05) is 0 Å². The highest BCUT2D eigenvalue weighted by atomic mass is 15.0. The summed E-state index contributed by atoms with van der Waals surface area (Å²) in [7, 11) is 0. The normalized spacial score (nSPS) is 11.4. The summed E-state index contributed by atoms with van der Waals surface area (Å²) in [5.41, 5.74) is 10.8. The fraction of sp³-hybridized carbons (Fsp3) is 0. The van der Waals surface area contributed by atoms with Crippen LogP contribution in [0.4, 0.5) is 5.69 Å². The Morgan fingerprint density at radius 3 is 1.62 bits per heavy atom. The Morgan fingerprint density at radius 2 is 0.981 bits per heavy atom. The van der Waals surface area contributed by atoms with Crippen LogP contribution in [0, 0.1) is 17.9 Å². The van der Waals surface area contributed by atoms with Gasteiger partial charge in [0.2, 0.25) is 5.69 Å². The molecular weight excluding hydrogens is 633 g/mol. The average Bonchev–Trinajstić information content (AvgIpc) is 3.73. The summed E-state index contributed by atoms with van der Waals surface area (Å²) in [6, 6.07) is 61.2. The lowest BCUT2D eigenvalue weighted by molar-refractivity contribution is 1.14. The summed E-state index contributed by atoms with van der Waals surface area (Å²) in [5.74, 6) is 0. The van der Waals surface area contributed by atoms with Gasteiger partial charge in [0.1, 0.15) is 6.07 Å². The molecule has 0 spiro atoms. The molecule has 0 unspecified atom stereocenters. The van der Waals surface area contributed by atoms with Crippen molar-refractivity contribution in [1.82, 2.24) is 9.13 Å². The van der Waals surface area contributed by atoms with Crippen molar-refractivity contribution in [2.45, 2.75) is 0 Å². The zero-order valence-corrected chi connectivity index (χ0v) is 28.0. The number of nitrogens with zero attached hydrogens (tertiary/aromatic N) is 4. The van der Waals surface area contributed by atoms with E-state index >= 15 is 0 Å². The van der Waals surface area contributed by atoms with Crippen molar-refractivity contribution in [2.24, 2.45) is 0 Å². The highest BCUT2D eigenvalue weighted by molar-refractivity contribution is 6.21. The molecule has 0 aliphatic rings. The van der Waals surface area contributed by atoms with Gasteiger partial charge >= 0.3 is 0 Å². The fourth-order valence-corrected chi connectivity index (χ4v) is 8.01. The van der Waals surface area contributed by atoms with E-state index < -0.39 is 0 Å². The summed E-state index contributed by atoms with van der Waals surface area (Å²) in [4.78, 5) is 4.13. The van der Waals surface area contributed by atoms with Gasteiger partial charge in [0.05, 0.1) is 45.6 Å². The third kappa shape index (κ3) is 4.39. The molecule has 0 atom stereocenters. The van der Waals surface area contributed by atoms with E-state index in [4.69, 9.17) is 6.57 Å². The van der Waals surface area contributed by atoms with E-state index in [1.165, 1.54) is 0 Å². The maximum absolute atomic E-state index is 10.8. The van der Waals surface area contributed by atoms with Crippen LogP contribution in [0.1, 0.15) is 5.56 Å². The smallest absolute Gasteiger partial charge is 0.212 e. The Hall–Kier alpha value is -7.40. The quantitative estimate of drug-likeness (QED) is 0.173. The van der Waals surface area contributed by atoms with Crippen molar-refractivity contribution in [1.29, 1.82) is 5.26 Å². The molecule has 0 aliphatic carbocycles. The standard InChI is InChI=1S/C48H28N4/c1-50-41-29-46(52-42-19-11-10-18-38(42)48-37-17-9-8-16-33(37)20-25-45(48)52)36(30-49)28-47(41)51-43-23-21-34(31-12-4-2-5-13-31)26-39(43)40-27-35(22-24-44(40)51)32-14-6-3-7-15-32/h2-29H. The van der Waals surface area contributed by atoms with Crippen molar-refractivity contribution in [3.05, 3.63) is 187 Å². The second kappa shape index (κ2) is 11.6. The maximum atomic E-state index is 10.8. The number of nitriles is 1. The molecule has 4 heteroatoms. The zero-order chi connectivity index (χ0) is 34.8. The third-order valence-corrected chi connectivity index (χ3v) is 10.4. The molecule has 0 saturated heterocycles. The van der Waals surface area contributed by atoms with Crippen LogP contribution in [0.3, 0.4) is 0 Å². The number of benzene rings is 8. The van der Waals surface area contributed by atoms with E-state index in [2.05, 4.69) is 160 Å². The number of para-hydroxylation sites is 1. The summed E-state index contributed by atoms with van der Waals surface area (Å²) < 4.78 is 4.31. The Balaban J connectivity index is 1.26. The SMILES string of the molecule is [C-]#[N+]c1cc(-n2c3ccccc3c3c4ccccc4ccc32)c(C#N)cc1-n1c2ccc(-c3ccccc3)cc2c2cc(-c3ccccc3)ccc21. The van der Waals surface area contributed by atoms with Gasteiger partial charge in [-0.25, -0.2) is 4.85 Å². The minimum absolute atomic E-state index is 0.471. The predicted molar refractivity (Wildman–Crippen MR) is 214 cm³/mol. The van der Waals surface area contributed by atoms with E-state index in [1.807, 2.05) is 30.3 Å². The summed E-state index contributed by atoms with van der Waals surface area (Å²) in [6.45, 7) is 8.50. The summed E-state index contributed by atoms with van der Waals surface area (Å²) in [6.07, 6.45) is 0. The lowest BCUT2D eigenvalue weighted by atomic mass is 10.0. The van der Waals surface area contributed by atoms with Gasteiger partial charge in [-0.1, -0.05) is 121 Å². The van der Waals surface area contributed by atoms with Gasteiger partial charge in [0, 0.05) is 21.5 Å². The molecular formula is C48H28N4. The fourth-order valence-electron chi connectivity index (χ4n) is 8.01. The van der Waals surface area contributed by atoms with Crippen LogP contribution in [-0.4, -0.2) is 9.13 Å². The molecule has 10 aromatic rings. The molecule has 52 heavy (non-hydrogen) atoms. The molecule has 0 bridgehead atoms. The number of fused-ring (bicyclic) bond motifs is 8. The van der Waals surface area contributed by atoms with E-state index in [1.54, 1.807) is 0 Å². The average molecular weight is 661 g/mol. The van der Waals surface area contributed by atoms with Gasteiger partial charge in [0.25, 0.3) is 0 Å². The molecule has 0 saturated carbocycles. The van der Waals surface area contributed by atoms with Gasteiger partial charge in [-0.05, 0) is 81.6 Å². The first kappa shape index (κ1) is 29.5. The summed E-state index contributed by atoms with van der Waals surface area (Å²) in [5, 5.41) is 17.6. The van der Waals surface area contributed by atoms with Crippen LogP contribution in [0.2, 0.25) is 0 Å². The van der Waals surface area contributed by atoms with Gasteiger partial charge in [-0.15, -0.1) is 0 Å². The van der Waals surface area contributed by atoms with Crippen LogP contribution in [0.25, 0.3) is 92.9 Å². The van der Waals surface area contributed by atoms with Gasteiger partial charge in [0.15, 0.2) is 0 Å². The van der Waals surface area contributed by atoms with Gasteiger partial charge in [-0.2, -0.15) is 5.26 Å². The number of rotatable bonds is 4. The van der Waals surface area contributed by atoms with Gasteiger partial charge < -0.3 is 9.13 Å². The van der Waals surface area contributed by atoms with E-state index in [9.17, 15) is 5.26 Å². The maximum Gasteiger partial charge on any atom is 0.212 e. The Morgan fingerprint density at radius 1 is 0.442 bits per heavy atom. The molecule has 8 aromatic carbocycles. The van der Waals surface area contributed by atoms with E-state index in [-0.39, 0.29) is 0 Å². The molecule has 0 aliphatic heterocycles. The first-order valence-electron chi connectivity index (χ1n) is 17.3. The number of hydrogen-bond donors (Lipinski definition) is 0. The molecule has 0 radical (unpaired) electrons. The topological polar surface area (TPSA) is 38.0 Å². The molecule has 2 heterocycles. The van der Waals surface area contributed by atoms with Crippen LogP contribution in [0.15, 0.2) is 170 Å². The molecule has 0 fully saturated rings. The van der Waals surface area contributed by atoms with Crippen molar-refractivity contribution in [3.63, 3.8) is 0 Å². The molecule has 4 nitrogen and oxygen atoms in total. The Bertz CT molecular complexity index is 3040. The molecule has 240 valence electrons. The molecule has 10 rings (SSSR count). The zero-order valence-electron chi connectivity index (χ0n) is 28.0. The second-order valence-electron chi connectivity index (χ2n) is 13.1. The first-order chi connectivity index (χ1) is 25.7. The number of aromatic nitrogens is 2. The van der Waals surface area contributed by atoms with Crippen LogP contribution >= 0.6 is 0 Å². The van der Waals surface area contributed by atoms with Crippen molar-refractivity contribution < 1.29 is 0 Å². The largest absolute Gasteiger partial charge is 0.319 e. The summed E-state index contributed by atoms with van der Waals surface area (Å²) >= 11 is 0. The second-order valence-corrected chi connectivity index (χ2v) is 13.1. The Labute approximate surface area is 300 Å². The van der Waals surface area contributed by atoms with Crippen LogP contribution < -0.4 is 0 Å². The number of hydrogen-bond acceptors (Lipinski definition) is 1. The third-order valence-electron chi connectivity index (χ3n) is 10.4. The van der Waals surface area contributed by atoms with E-state index in [0.29, 0.717) is 22.6 Å². The highest BCUT2D eigenvalue weighted by Crippen LogP contribution is 2.43. The minimum atomic E-state index is 0.471. The first-order valence-corrected chi connectivity index (χ1v) is 17.3. The molecule has 0 amide bonds. The highest BCUT2D eigenvalue weighted by Gasteiger charge is 2.22. The van der Waals surface area contributed by atoms with E-state index in [0.717, 1.165) is 76.6 Å². The van der Waals surface area contributed by atoms with Gasteiger partial charge in [-0.3, -0.25) is 0 Å². The minimum Gasteiger partial charge on any atom is -0.319 e.